The molecule has 1 heteroatoms. The van der Waals surface area contributed by atoms with Gasteiger partial charge in [0.25, 0.3) is 0 Å². The van der Waals surface area contributed by atoms with Crippen LogP contribution in [-0.4, -0.2) is 24.0 Å². The van der Waals surface area contributed by atoms with Crippen molar-refractivity contribution in [3.8, 4) is 0 Å². The molecular formula is C16H33N. The molecule has 0 aromatic heterocycles. The Morgan fingerprint density at radius 2 is 1.47 bits per heavy atom. The van der Waals surface area contributed by atoms with Crippen molar-refractivity contribution >= 4 is 0 Å². The molecule has 0 aromatic rings. The summed E-state index contributed by atoms with van der Waals surface area (Å²) in [5, 5.41) is 0. The number of likely N-dealkylation sites (tertiary alicyclic amines) is 1. The Labute approximate surface area is 109 Å². The molecule has 0 unspecified atom stereocenters. The van der Waals surface area contributed by atoms with Gasteiger partial charge in [0.2, 0.25) is 0 Å². The molecule has 17 heavy (non-hydrogen) atoms. The predicted octanol–water partition coefficient (Wildman–Crippen LogP) is 4.71. The monoisotopic (exact) mass is 239 g/mol. The molecule has 0 radical (unpaired) electrons. The number of hydrogen-bond acceptors (Lipinski definition) is 1. The average molecular weight is 239 g/mol. The third-order valence-corrected chi connectivity index (χ3v) is 4.29. The van der Waals surface area contributed by atoms with Crippen LogP contribution in [0, 0.1) is 11.8 Å². The molecule has 0 spiro atoms. The molecule has 2 rings (SSSR count). The van der Waals surface area contributed by atoms with Gasteiger partial charge in [0.15, 0.2) is 0 Å². The van der Waals surface area contributed by atoms with Crippen LogP contribution in [0.2, 0.25) is 0 Å². The van der Waals surface area contributed by atoms with Crippen molar-refractivity contribution in [3.05, 3.63) is 0 Å². The van der Waals surface area contributed by atoms with E-state index in [-0.39, 0.29) is 0 Å². The first-order chi connectivity index (χ1) is 8.25. The van der Waals surface area contributed by atoms with Gasteiger partial charge in [0, 0.05) is 6.04 Å². The van der Waals surface area contributed by atoms with Gasteiger partial charge in [-0.2, -0.15) is 0 Å². The highest BCUT2D eigenvalue weighted by Crippen LogP contribution is 2.29. The lowest BCUT2D eigenvalue weighted by atomic mass is 9.88. The zero-order valence-corrected chi connectivity index (χ0v) is 12.5. The van der Waals surface area contributed by atoms with E-state index in [9.17, 15) is 0 Å². The standard InChI is InChI=1S/C14H27N.C2H6/c1-12(2)11-13-7-9-15(10-8-13)14-5-3-4-6-14;1-2/h12-14H,3-11H2,1-2H3;1-2H3. The minimum absolute atomic E-state index is 0.896. The Balaban J connectivity index is 0.000000686. The van der Waals surface area contributed by atoms with Crippen LogP contribution in [0.25, 0.3) is 0 Å². The SMILES string of the molecule is CC.CC(C)CC1CCN(C2CCCC2)CC1. The fourth-order valence-corrected chi connectivity index (χ4v) is 3.49. The Kier molecular flexibility index (Phi) is 7.18. The van der Waals surface area contributed by atoms with E-state index in [0.717, 1.165) is 17.9 Å². The van der Waals surface area contributed by atoms with Crippen LogP contribution in [0.15, 0.2) is 0 Å². The van der Waals surface area contributed by atoms with Crippen LogP contribution in [0.4, 0.5) is 0 Å². The van der Waals surface area contributed by atoms with Gasteiger partial charge in [-0.3, -0.25) is 0 Å². The molecule has 0 bridgehead atoms. The van der Waals surface area contributed by atoms with Crippen LogP contribution in [0.1, 0.15) is 72.6 Å². The predicted molar refractivity (Wildman–Crippen MR) is 77.4 cm³/mol. The summed E-state index contributed by atoms with van der Waals surface area (Å²) in [4.78, 5) is 2.78. The molecule has 1 saturated heterocycles. The first-order valence-corrected chi connectivity index (χ1v) is 7.99. The van der Waals surface area contributed by atoms with E-state index < -0.39 is 0 Å². The second-order valence-electron chi connectivity index (χ2n) is 6.05. The summed E-state index contributed by atoms with van der Waals surface area (Å²) in [6.07, 6.45) is 10.3. The third kappa shape index (κ3) is 4.99. The molecule has 1 aliphatic heterocycles. The normalized spacial score (nSPS) is 23.8. The average Bonchev–Trinajstić information content (AvgIpc) is 2.85. The summed E-state index contributed by atoms with van der Waals surface area (Å²) in [5.41, 5.74) is 0. The van der Waals surface area contributed by atoms with Gasteiger partial charge in [0.05, 0.1) is 0 Å². The Bertz CT molecular complexity index is 174. The molecule has 0 N–H and O–H groups in total. The molecular weight excluding hydrogens is 206 g/mol. The summed E-state index contributed by atoms with van der Waals surface area (Å²) in [6, 6.07) is 0.963. The van der Waals surface area contributed by atoms with Gasteiger partial charge >= 0.3 is 0 Å². The number of piperidine rings is 1. The zero-order valence-electron chi connectivity index (χ0n) is 12.5. The van der Waals surface area contributed by atoms with E-state index in [1.807, 2.05) is 13.8 Å². The van der Waals surface area contributed by atoms with Crippen LogP contribution in [0.5, 0.6) is 0 Å². The van der Waals surface area contributed by atoms with Gasteiger partial charge in [0.1, 0.15) is 0 Å². The van der Waals surface area contributed by atoms with Crippen molar-refractivity contribution in [2.24, 2.45) is 11.8 Å². The topological polar surface area (TPSA) is 3.24 Å². The number of hydrogen-bond donors (Lipinski definition) is 0. The molecule has 2 fully saturated rings. The lowest BCUT2D eigenvalue weighted by molar-refractivity contribution is 0.126. The summed E-state index contributed by atoms with van der Waals surface area (Å²) in [7, 11) is 0. The highest BCUT2D eigenvalue weighted by atomic mass is 15.2. The maximum absolute atomic E-state index is 2.78. The van der Waals surface area contributed by atoms with E-state index >= 15 is 0 Å². The molecule has 0 amide bonds. The highest BCUT2D eigenvalue weighted by Gasteiger charge is 2.26. The molecule has 1 nitrogen and oxygen atoms in total. The fraction of sp³-hybridized carbons (Fsp3) is 1.00. The first-order valence-electron chi connectivity index (χ1n) is 7.99. The van der Waals surface area contributed by atoms with E-state index in [2.05, 4.69) is 18.7 Å². The van der Waals surface area contributed by atoms with Gasteiger partial charge in [-0.05, 0) is 57.0 Å². The quantitative estimate of drug-likeness (QED) is 0.689. The Morgan fingerprint density at radius 3 is 1.94 bits per heavy atom. The van der Waals surface area contributed by atoms with Crippen molar-refractivity contribution in [1.29, 1.82) is 0 Å². The fourth-order valence-electron chi connectivity index (χ4n) is 3.49. The van der Waals surface area contributed by atoms with Crippen LogP contribution in [0.3, 0.4) is 0 Å². The van der Waals surface area contributed by atoms with Gasteiger partial charge in [-0.25, -0.2) is 0 Å². The van der Waals surface area contributed by atoms with E-state index in [1.54, 1.807) is 0 Å². The summed E-state index contributed by atoms with van der Waals surface area (Å²) < 4.78 is 0. The minimum Gasteiger partial charge on any atom is -0.300 e. The third-order valence-electron chi connectivity index (χ3n) is 4.29. The maximum Gasteiger partial charge on any atom is 0.00952 e. The van der Waals surface area contributed by atoms with Crippen molar-refractivity contribution in [2.75, 3.05) is 13.1 Å². The molecule has 1 heterocycles. The second kappa shape index (κ2) is 8.13. The molecule has 0 atom stereocenters. The lowest BCUT2D eigenvalue weighted by Crippen LogP contribution is -2.40. The second-order valence-corrected chi connectivity index (χ2v) is 6.05. The molecule has 1 saturated carbocycles. The van der Waals surface area contributed by atoms with Crippen LogP contribution in [-0.2, 0) is 0 Å². The zero-order chi connectivity index (χ0) is 12.7. The Morgan fingerprint density at radius 1 is 0.941 bits per heavy atom. The van der Waals surface area contributed by atoms with E-state index in [1.165, 1.54) is 58.0 Å². The lowest BCUT2D eigenvalue weighted by Gasteiger charge is -2.36. The van der Waals surface area contributed by atoms with Gasteiger partial charge in [-0.1, -0.05) is 40.5 Å². The minimum atomic E-state index is 0.896. The van der Waals surface area contributed by atoms with E-state index in [4.69, 9.17) is 0 Å². The first kappa shape index (κ1) is 15.0. The number of nitrogens with zero attached hydrogens (tertiary/aromatic N) is 1. The van der Waals surface area contributed by atoms with Crippen LogP contribution < -0.4 is 0 Å². The molecule has 1 aliphatic carbocycles. The number of rotatable bonds is 3. The van der Waals surface area contributed by atoms with Crippen LogP contribution >= 0.6 is 0 Å². The summed E-state index contributed by atoms with van der Waals surface area (Å²) >= 11 is 0. The van der Waals surface area contributed by atoms with Gasteiger partial charge < -0.3 is 4.90 Å². The largest absolute Gasteiger partial charge is 0.300 e. The Hall–Kier alpha value is -0.0400. The molecule has 2 aliphatic rings. The van der Waals surface area contributed by atoms with Crippen molar-refractivity contribution in [2.45, 2.75) is 78.7 Å². The molecule has 102 valence electrons. The maximum atomic E-state index is 2.78. The smallest absolute Gasteiger partial charge is 0.00952 e. The van der Waals surface area contributed by atoms with Crippen molar-refractivity contribution in [1.82, 2.24) is 4.90 Å². The van der Waals surface area contributed by atoms with Crippen molar-refractivity contribution in [3.63, 3.8) is 0 Å². The summed E-state index contributed by atoms with van der Waals surface area (Å²) in [6.45, 7) is 11.5. The van der Waals surface area contributed by atoms with Gasteiger partial charge in [-0.15, -0.1) is 0 Å². The highest BCUT2D eigenvalue weighted by molar-refractivity contribution is 4.82. The summed E-state index contributed by atoms with van der Waals surface area (Å²) in [5.74, 6) is 1.93. The van der Waals surface area contributed by atoms with Crippen molar-refractivity contribution < 1.29 is 0 Å². The molecule has 0 aromatic carbocycles. The van der Waals surface area contributed by atoms with E-state index in [0.29, 0.717) is 0 Å².